The Kier molecular flexibility index (Phi) is 3.72. The third-order valence-electron chi connectivity index (χ3n) is 1.89. The highest BCUT2D eigenvalue weighted by molar-refractivity contribution is 4.81. The van der Waals surface area contributed by atoms with E-state index in [1.165, 1.54) is 4.57 Å². The van der Waals surface area contributed by atoms with Crippen LogP contribution in [0.15, 0.2) is 17.2 Å². The fourth-order valence-electron chi connectivity index (χ4n) is 1.26. The van der Waals surface area contributed by atoms with E-state index in [4.69, 9.17) is 9.84 Å². The lowest BCUT2D eigenvalue weighted by atomic mass is 10.2. The van der Waals surface area contributed by atoms with E-state index in [1.807, 2.05) is 0 Å². The van der Waals surface area contributed by atoms with Gasteiger partial charge >= 0.3 is 5.69 Å². The van der Waals surface area contributed by atoms with Crippen LogP contribution in [-0.2, 0) is 4.74 Å². The number of aromatic nitrogens is 2. The van der Waals surface area contributed by atoms with E-state index in [1.54, 1.807) is 19.5 Å². The van der Waals surface area contributed by atoms with Gasteiger partial charge in [0.25, 0.3) is 0 Å². The molecule has 13 heavy (non-hydrogen) atoms. The predicted molar refractivity (Wildman–Crippen MR) is 47.7 cm³/mol. The van der Waals surface area contributed by atoms with E-state index < -0.39 is 0 Å². The minimum Gasteiger partial charge on any atom is -0.396 e. The van der Waals surface area contributed by atoms with Gasteiger partial charge in [-0.2, -0.15) is 0 Å². The van der Waals surface area contributed by atoms with Crippen molar-refractivity contribution in [1.82, 2.24) is 9.55 Å². The molecule has 1 aromatic heterocycles. The zero-order valence-corrected chi connectivity index (χ0v) is 7.56. The van der Waals surface area contributed by atoms with Gasteiger partial charge in [-0.15, -0.1) is 0 Å². The molecule has 74 valence electrons. The molecule has 1 aromatic rings. The first-order valence-corrected chi connectivity index (χ1v) is 4.15. The Morgan fingerprint density at radius 3 is 3.00 bits per heavy atom. The van der Waals surface area contributed by atoms with E-state index in [2.05, 4.69) is 4.98 Å². The summed E-state index contributed by atoms with van der Waals surface area (Å²) in [6.45, 7) is 0.476. The van der Waals surface area contributed by atoms with Crippen molar-refractivity contribution in [2.75, 3.05) is 20.3 Å². The fourth-order valence-corrected chi connectivity index (χ4v) is 1.26. The second-order valence-electron chi connectivity index (χ2n) is 2.79. The van der Waals surface area contributed by atoms with Gasteiger partial charge in [-0.05, 0) is 6.42 Å². The SMILES string of the molecule is COCC(CCO)n1cc[nH]c1=O. The zero-order valence-electron chi connectivity index (χ0n) is 7.56. The number of nitrogens with zero attached hydrogens (tertiary/aromatic N) is 1. The summed E-state index contributed by atoms with van der Waals surface area (Å²) in [6, 6.07) is -0.0891. The molecule has 0 bridgehead atoms. The van der Waals surface area contributed by atoms with E-state index in [0.29, 0.717) is 13.0 Å². The second-order valence-corrected chi connectivity index (χ2v) is 2.79. The standard InChI is InChI=1S/C8H14N2O3/c1-13-6-7(2-5-11)10-4-3-9-8(10)12/h3-4,7,11H,2,5-6H2,1H3,(H,9,12). The summed E-state index contributed by atoms with van der Waals surface area (Å²) in [4.78, 5) is 13.7. The summed E-state index contributed by atoms with van der Waals surface area (Å²) in [5, 5.41) is 8.77. The quantitative estimate of drug-likeness (QED) is 0.666. The maximum absolute atomic E-state index is 11.2. The smallest absolute Gasteiger partial charge is 0.325 e. The molecule has 0 radical (unpaired) electrons. The summed E-state index contributed by atoms with van der Waals surface area (Å²) in [5.41, 5.74) is -0.171. The van der Waals surface area contributed by atoms with Gasteiger partial charge in [0.1, 0.15) is 0 Å². The van der Waals surface area contributed by atoms with Crippen LogP contribution in [0.5, 0.6) is 0 Å². The van der Waals surface area contributed by atoms with Crippen molar-refractivity contribution in [1.29, 1.82) is 0 Å². The maximum Gasteiger partial charge on any atom is 0.325 e. The Labute approximate surface area is 76.0 Å². The van der Waals surface area contributed by atoms with E-state index in [-0.39, 0.29) is 18.3 Å². The van der Waals surface area contributed by atoms with Crippen LogP contribution in [0.4, 0.5) is 0 Å². The number of aromatic amines is 1. The molecule has 5 heteroatoms. The number of ether oxygens (including phenoxy) is 1. The van der Waals surface area contributed by atoms with E-state index in [9.17, 15) is 4.79 Å². The number of methoxy groups -OCH3 is 1. The number of aliphatic hydroxyl groups is 1. The molecule has 1 heterocycles. The Balaban J connectivity index is 2.75. The summed E-state index contributed by atoms with van der Waals surface area (Å²) in [7, 11) is 1.57. The number of hydrogen-bond donors (Lipinski definition) is 2. The van der Waals surface area contributed by atoms with Crippen molar-refractivity contribution in [3.63, 3.8) is 0 Å². The largest absolute Gasteiger partial charge is 0.396 e. The first-order chi connectivity index (χ1) is 6.29. The highest BCUT2D eigenvalue weighted by Crippen LogP contribution is 2.07. The van der Waals surface area contributed by atoms with Crippen molar-refractivity contribution >= 4 is 0 Å². The summed E-state index contributed by atoms with van der Waals surface area (Å²) >= 11 is 0. The van der Waals surface area contributed by atoms with Crippen molar-refractivity contribution in [2.45, 2.75) is 12.5 Å². The second kappa shape index (κ2) is 4.84. The van der Waals surface area contributed by atoms with Gasteiger partial charge in [-0.1, -0.05) is 0 Å². The minimum absolute atomic E-state index is 0.0473. The van der Waals surface area contributed by atoms with Crippen LogP contribution < -0.4 is 5.69 Å². The monoisotopic (exact) mass is 186 g/mol. The van der Waals surface area contributed by atoms with Crippen LogP contribution in [0.2, 0.25) is 0 Å². The molecule has 0 aromatic carbocycles. The Morgan fingerprint density at radius 2 is 2.54 bits per heavy atom. The molecule has 0 aliphatic heterocycles. The van der Waals surface area contributed by atoms with Crippen LogP contribution in [0.25, 0.3) is 0 Å². The minimum atomic E-state index is -0.171. The molecule has 1 rings (SSSR count). The topological polar surface area (TPSA) is 67.2 Å². The maximum atomic E-state index is 11.2. The average Bonchev–Trinajstić information content (AvgIpc) is 2.51. The van der Waals surface area contributed by atoms with Crippen LogP contribution in [0, 0.1) is 0 Å². The number of H-pyrrole nitrogens is 1. The molecule has 2 N–H and O–H groups in total. The Hall–Kier alpha value is -1.07. The van der Waals surface area contributed by atoms with Crippen LogP contribution in [0.1, 0.15) is 12.5 Å². The molecular formula is C8H14N2O3. The molecule has 1 atom stereocenters. The number of hydrogen-bond acceptors (Lipinski definition) is 3. The molecule has 5 nitrogen and oxygen atoms in total. The van der Waals surface area contributed by atoms with Gasteiger partial charge < -0.3 is 14.8 Å². The Bertz CT molecular complexity index is 286. The molecule has 1 unspecified atom stereocenters. The molecule has 0 saturated carbocycles. The van der Waals surface area contributed by atoms with Gasteiger partial charge in [-0.25, -0.2) is 4.79 Å². The molecule has 0 aliphatic carbocycles. The number of imidazole rings is 1. The summed E-state index contributed by atoms with van der Waals surface area (Å²) in [6.07, 6.45) is 3.75. The average molecular weight is 186 g/mol. The molecule has 0 aliphatic rings. The third kappa shape index (κ3) is 2.43. The molecule has 0 saturated heterocycles. The first-order valence-electron chi connectivity index (χ1n) is 4.15. The fraction of sp³-hybridized carbons (Fsp3) is 0.625. The van der Waals surface area contributed by atoms with Gasteiger partial charge in [-0.3, -0.25) is 4.57 Å². The summed E-state index contributed by atoms with van der Waals surface area (Å²) in [5.74, 6) is 0. The first kappa shape index (κ1) is 10.0. The lowest BCUT2D eigenvalue weighted by molar-refractivity contribution is 0.135. The van der Waals surface area contributed by atoms with Gasteiger partial charge in [0, 0.05) is 26.1 Å². The lowest BCUT2D eigenvalue weighted by Gasteiger charge is -2.14. The van der Waals surface area contributed by atoms with Crippen LogP contribution in [-0.4, -0.2) is 35.0 Å². The van der Waals surface area contributed by atoms with Gasteiger partial charge in [0.05, 0.1) is 12.6 Å². The number of nitrogens with one attached hydrogen (secondary N) is 1. The van der Waals surface area contributed by atoms with E-state index >= 15 is 0 Å². The van der Waals surface area contributed by atoms with Crippen molar-refractivity contribution < 1.29 is 9.84 Å². The molecule has 0 fully saturated rings. The third-order valence-corrected chi connectivity index (χ3v) is 1.89. The number of aliphatic hydroxyl groups excluding tert-OH is 1. The molecule has 0 amide bonds. The van der Waals surface area contributed by atoms with Crippen molar-refractivity contribution in [3.8, 4) is 0 Å². The van der Waals surface area contributed by atoms with Gasteiger partial charge in [0.2, 0.25) is 0 Å². The van der Waals surface area contributed by atoms with Crippen molar-refractivity contribution in [3.05, 3.63) is 22.9 Å². The van der Waals surface area contributed by atoms with Crippen molar-refractivity contribution in [2.24, 2.45) is 0 Å². The molecular weight excluding hydrogens is 172 g/mol. The highest BCUT2D eigenvalue weighted by atomic mass is 16.5. The molecule has 0 spiro atoms. The number of rotatable bonds is 5. The lowest BCUT2D eigenvalue weighted by Crippen LogP contribution is -2.25. The van der Waals surface area contributed by atoms with Gasteiger partial charge in [0.15, 0.2) is 0 Å². The Morgan fingerprint density at radius 1 is 1.77 bits per heavy atom. The van der Waals surface area contributed by atoms with E-state index in [0.717, 1.165) is 0 Å². The highest BCUT2D eigenvalue weighted by Gasteiger charge is 2.11. The zero-order chi connectivity index (χ0) is 9.68. The van der Waals surface area contributed by atoms with Crippen LogP contribution in [0.3, 0.4) is 0 Å². The summed E-state index contributed by atoms with van der Waals surface area (Å²) < 4.78 is 6.48. The normalized spacial score (nSPS) is 13.1. The van der Waals surface area contributed by atoms with Crippen LogP contribution >= 0.6 is 0 Å². The predicted octanol–water partition coefficient (Wildman–Crippen LogP) is -0.254.